The average Bonchev–Trinajstić information content (AvgIpc) is 3.24. The zero-order chi connectivity index (χ0) is 20.5. The van der Waals surface area contributed by atoms with Gasteiger partial charge in [-0.2, -0.15) is 9.78 Å². The molecule has 0 atom stereocenters. The fourth-order valence-electron chi connectivity index (χ4n) is 2.79. The quantitative estimate of drug-likeness (QED) is 0.535. The van der Waals surface area contributed by atoms with Crippen LogP contribution in [0.1, 0.15) is 19.7 Å². The second-order valence-corrected chi connectivity index (χ2v) is 6.53. The zero-order valence-electron chi connectivity index (χ0n) is 16.1. The van der Waals surface area contributed by atoms with Crippen molar-refractivity contribution in [2.24, 2.45) is 0 Å². The number of aryl methyl sites for hydroxylation is 1. The van der Waals surface area contributed by atoms with Crippen molar-refractivity contribution < 1.29 is 9.53 Å². The van der Waals surface area contributed by atoms with Crippen molar-refractivity contribution in [3.8, 4) is 11.4 Å². The minimum Gasteiger partial charge on any atom is -0.445 e. The first kappa shape index (κ1) is 18.3. The highest BCUT2D eigenvalue weighted by Gasteiger charge is 2.19. The molecule has 0 radical (unpaired) electrons. The molecular weight excluding hydrogens is 374 g/mol. The van der Waals surface area contributed by atoms with E-state index in [1.807, 2.05) is 6.07 Å². The van der Waals surface area contributed by atoms with E-state index >= 15 is 0 Å². The van der Waals surface area contributed by atoms with Crippen LogP contribution in [0, 0.1) is 6.92 Å². The highest BCUT2D eigenvalue weighted by molar-refractivity contribution is 5.78. The summed E-state index contributed by atoms with van der Waals surface area (Å²) in [5.74, 6) is 1.74. The van der Waals surface area contributed by atoms with E-state index < -0.39 is 6.09 Å². The lowest BCUT2D eigenvalue weighted by Crippen LogP contribution is -2.18. The molecule has 4 rings (SSSR count). The molecule has 11 nitrogen and oxygen atoms in total. The zero-order valence-corrected chi connectivity index (χ0v) is 16.1. The Bertz CT molecular complexity index is 1170. The van der Waals surface area contributed by atoms with Crippen LogP contribution in [-0.4, -0.2) is 46.5 Å². The molecule has 0 aromatic carbocycles. The number of nitrogens with zero attached hydrogens (tertiary/aromatic N) is 7. The maximum Gasteiger partial charge on any atom is 0.434 e. The van der Waals surface area contributed by atoms with Crippen LogP contribution < -0.4 is 11.1 Å². The van der Waals surface area contributed by atoms with E-state index in [-0.39, 0.29) is 6.10 Å². The third kappa shape index (κ3) is 3.70. The number of aromatic nitrogens is 7. The SMILES string of the molecule is Cc1nc(N)cc(-c2c(Nc3ccn(C(=O)OC(C)C)n3)nc3cccnn23)n1. The number of rotatable bonds is 4. The maximum atomic E-state index is 12.0. The lowest BCUT2D eigenvalue weighted by atomic mass is 10.3. The number of carbonyl (C=O) groups excluding carboxylic acids is 1. The second-order valence-electron chi connectivity index (χ2n) is 6.53. The lowest BCUT2D eigenvalue weighted by Gasteiger charge is -2.07. The van der Waals surface area contributed by atoms with Crippen molar-refractivity contribution in [3.05, 3.63) is 42.5 Å². The molecule has 4 aromatic heterocycles. The summed E-state index contributed by atoms with van der Waals surface area (Å²) in [6, 6.07) is 6.89. The number of nitrogens with two attached hydrogens (primary N) is 1. The third-order valence-corrected chi connectivity index (χ3v) is 3.85. The van der Waals surface area contributed by atoms with Crippen molar-refractivity contribution >= 4 is 29.2 Å². The van der Waals surface area contributed by atoms with Crippen LogP contribution >= 0.6 is 0 Å². The number of carbonyl (C=O) groups is 1. The normalized spacial score (nSPS) is 11.2. The number of nitrogens with one attached hydrogen (secondary N) is 1. The van der Waals surface area contributed by atoms with Crippen LogP contribution in [0.2, 0.25) is 0 Å². The number of hydrogen-bond acceptors (Lipinski definition) is 9. The topological polar surface area (TPSA) is 138 Å². The van der Waals surface area contributed by atoms with E-state index in [2.05, 4.69) is 30.5 Å². The summed E-state index contributed by atoms with van der Waals surface area (Å²) in [5, 5.41) is 11.7. The number of fused-ring (bicyclic) bond motifs is 1. The summed E-state index contributed by atoms with van der Waals surface area (Å²) in [6.07, 6.45) is 2.35. The summed E-state index contributed by atoms with van der Waals surface area (Å²) in [5.41, 5.74) is 7.66. The van der Waals surface area contributed by atoms with Crippen LogP contribution in [0.25, 0.3) is 17.0 Å². The van der Waals surface area contributed by atoms with Crippen LogP contribution in [0.3, 0.4) is 0 Å². The first-order chi connectivity index (χ1) is 13.9. The Labute approximate surface area is 165 Å². The van der Waals surface area contributed by atoms with Crippen molar-refractivity contribution in [3.63, 3.8) is 0 Å². The molecule has 0 spiro atoms. The van der Waals surface area contributed by atoms with Gasteiger partial charge in [0.25, 0.3) is 0 Å². The van der Waals surface area contributed by atoms with Crippen LogP contribution in [0.4, 0.5) is 22.2 Å². The maximum absolute atomic E-state index is 12.0. The molecule has 0 aliphatic heterocycles. The summed E-state index contributed by atoms with van der Waals surface area (Å²) in [7, 11) is 0. The number of anilines is 3. The number of nitrogen functional groups attached to an aromatic ring is 1. The Morgan fingerprint density at radius 3 is 2.83 bits per heavy atom. The first-order valence-corrected chi connectivity index (χ1v) is 8.89. The lowest BCUT2D eigenvalue weighted by molar-refractivity contribution is 0.114. The number of ether oxygens (including phenoxy) is 1. The Kier molecular flexibility index (Phi) is 4.55. The van der Waals surface area contributed by atoms with Gasteiger partial charge in [-0.05, 0) is 32.9 Å². The second kappa shape index (κ2) is 7.19. The minimum atomic E-state index is -0.566. The van der Waals surface area contributed by atoms with Gasteiger partial charge in [0.1, 0.15) is 17.3 Å². The van der Waals surface area contributed by atoms with Crippen LogP contribution in [0.5, 0.6) is 0 Å². The summed E-state index contributed by atoms with van der Waals surface area (Å²) in [4.78, 5) is 25.2. The third-order valence-electron chi connectivity index (χ3n) is 3.85. The molecular formula is C18H19N9O2. The van der Waals surface area contributed by atoms with Gasteiger partial charge in [0.05, 0.1) is 11.8 Å². The van der Waals surface area contributed by atoms with E-state index in [0.29, 0.717) is 40.3 Å². The van der Waals surface area contributed by atoms with Gasteiger partial charge < -0.3 is 15.8 Å². The fourth-order valence-corrected chi connectivity index (χ4v) is 2.79. The molecule has 0 amide bonds. The van der Waals surface area contributed by atoms with E-state index in [0.717, 1.165) is 4.68 Å². The predicted octanol–water partition coefficient (Wildman–Crippen LogP) is 2.41. The van der Waals surface area contributed by atoms with Crippen LogP contribution in [-0.2, 0) is 4.74 Å². The average molecular weight is 393 g/mol. The van der Waals surface area contributed by atoms with Gasteiger partial charge in [-0.1, -0.05) is 0 Å². The highest BCUT2D eigenvalue weighted by Crippen LogP contribution is 2.29. The van der Waals surface area contributed by atoms with Gasteiger partial charge in [-0.15, -0.1) is 5.10 Å². The fraction of sp³-hybridized carbons (Fsp3) is 0.222. The molecule has 3 N–H and O–H groups in total. The Hall–Kier alpha value is -4.02. The Balaban J connectivity index is 1.75. The minimum absolute atomic E-state index is 0.245. The molecule has 0 bridgehead atoms. The largest absolute Gasteiger partial charge is 0.445 e. The number of hydrogen-bond donors (Lipinski definition) is 2. The molecule has 4 heterocycles. The van der Waals surface area contributed by atoms with Crippen molar-refractivity contribution in [1.29, 1.82) is 0 Å². The standard InChI is InChI=1S/C18H19N9O2/c1-10(2)29-18(28)26-8-6-14(25-26)23-17-16(12-9-13(19)22-11(3)21-12)27-15(24-17)5-4-7-20-27/h4-10H,1-3H3,(H,23,25)(H2,19,21,22). The summed E-state index contributed by atoms with van der Waals surface area (Å²) in [6.45, 7) is 5.30. The molecule has 148 valence electrons. The van der Waals surface area contributed by atoms with Gasteiger partial charge in [0.2, 0.25) is 0 Å². The van der Waals surface area contributed by atoms with E-state index in [1.54, 1.807) is 49.7 Å². The number of imidazole rings is 1. The molecule has 0 saturated heterocycles. The van der Waals surface area contributed by atoms with Gasteiger partial charge in [0.15, 0.2) is 17.3 Å². The van der Waals surface area contributed by atoms with E-state index in [1.165, 1.54) is 6.20 Å². The smallest absolute Gasteiger partial charge is 0.434 e. The first-order valence-electron chi connectivity index (χ1n) is 8.89. The van der Waals surface area contributed by atoms with Gasteiger partial charge in [-0.25, -0.2) is 24.3 Å². The highest BCUT2D eigenvalue weighted by atomic mass is 16.6. The molecule has 0 fully saturated rings. The van der Waals surface area contributed by atoms with Gasteiger partial charge >= 0.3 is 6.09 Å². The van der Waals surface area contributed by atoms with Crippen molar-refractivity contribution in [2.45, 2.75) is 26.9 Å². The van der Waals surface area contributed by atoms with E-state index in [9.17, 15) is 4.79 Å². The Morgan fingerprint density at radius 2 is 2.07 bits per heavy atom. The monoisotopic (exact) mass is 393 g/mol. The van der Waals surface area contributed by atoms with Gasteiger partial charge in [0, 0.05) is 24.5 Å². The van der Waals surface area contributed by atoms with Gasteiger partial charge in [-0.3, -0.25) is 0 Å². The molecule has 0 aliphatic carbocycles. The summed E-state index contributed by atoms with van der Waals surface area (Å²) < 4.78 is 7.90. The molecule has 0 saturated carbocycles. The molecule has 0 aliphatic rings. The van der Waals surface area contributed by atoms with E-state index in [4.69, 9.17) is 10.5 Å². The molecule has 11 heteroatoms. The van der Waals surface area contributed by atoms with Crippen molar-refractivity contribution in [1.82, 2.24) is 34.3 Å². The summed E-state index contributed by atoms with van der Waals surface area (Å²) >= 11 is 0. The molecule has 29 heavy (non-hydrogen) atoms. The molecule has 0 unspecified atom stereocenters. The predicted molar refractivity (Wildman–Crippen MR) is 106 cm³/mol. The van der Waals surface area contributed by atoms with Crippen LogP contribution in [0.15, 0.2) is 36.7 Å². The van der Waals surface area contributed by atoms with Crippen molar-refractivity contribution in [2.75, 3.05) is 11.1 Å². The Morgan fingerprint density at radius 1 is 1.24 bits per heavy atom. The molecule has 4 aromatic rings.